The Labute approximate surface area is 167 Å². The van der Waals surface area contributed by atoms with Gasteiger partial charge in [-0.25, -0.2) is 9.97 Å². The van der Waals surface area contributed by atoms with Gasteiger partial charge in [-0.15, -0.1) is 0 Å². The topological polar surface area (TPSA) is 34.0 Å². The van der Waals surface area contributed by atoms with Crippen molar-refractivity contribution >= 4 is 11.2 Å². The van der Waals surface area contributed by atoms with Crippen LogP contribution in [-0.2, 0) is 19.3 Å². The van der Waals surface area contributed by atoms with Crippen LogP contribution in [0.2, 0.25) is 0 Å². The van der Waals surface area contributed by atoms with Gasteiger partial charge in [0.15, 0.2) is 5.65 Å². The average molecular weight is 375 g/mol. The third-order valence-electron chi connectivity index (χ3n) is 6.70. The lowest BCUT2D eigenvalue weighted by atomic mass is 9.86. The average Bonchev–Trinajstić information content (AvgIpc) is 3.12. The minimum atomic E-state index is 0.536. The number of rotatable bonds is 4. The minimum absolute atomic E-state index is 0.536. The highest BCUT2D eigenvalue weighted by molar-refractivity contribution is 5.71. The Bertz CT molecular complexity index is 952. The molecular formula is C24H30N4. The molecule has 0 amide bonds. The predicted molar refractivity (Wildman–Crippen MR) is 114 cm³/mol. The van der Waals surface area contributed by atoms with Crippen LogP contribution < -0.4 is 0 Å². The van der Waals surface area contributed by atoms with Gasteiger partial charge in [0.1, 0.15) is 11.3 Å². The Morgan fingerprint density at radius 2 is 1.79 bits per heavy atom. The third-order valence-corrected chi connectivity index (χ3v) is 6.70. The van der Waals surface area contributed by atoms with E-state index in [1.807, 2.05) is 12.3 Å². The third kappa shape index (κ3) is 3.24. The lowest BCUT2D eigenvalue weighted by Crippen LogP contribution is -2.44. The first-order valence-corrected chi connectivity index (χ1v) is 11.0. The number of piperidine rings is 1. The molecule has 1 saturated heterocycles. The van der Waals surface area contributed by atoms with E-state index in [1.165, 1.54) is 51.0 Å². The summed E-state index contributed by atoms with van der Waals surface area (Å²) in [6, 6.07) is 14.4. The van der Waals surface area contributed by atoms with E-state index in [2.05, 4.69) is 51.7 Å². The summed E-state index contributed by atoms with van der Waals surface area (Å²) in [5.41, 5.74) is 5.26. The number of aromatic nitrogens is 3. The molecule has 0 bridgehead atoms. The molecule has 3 heterocycles. The van der Waals surface area contributed by atoms with Crippen molar-refractivity contribution in [3.63, 3.8) is 0 Å². The summed E-state index contributed by atoms with van der Waals surface area (Å²) in [5.74, 6) is 1.22. The number of aryl methyl sites for hydroxylation is 2. The van der Waals surface area contributed by atoms with E-state index < -0.39 is 0 Å². The van der Waals surface area contributed by atoms with Gasteiger partial charge in [-0.05, 0) is 61.8 Å². The van der Waals surface area contributed by atoms with Gasteiger partial charge < -0.3 is 4.57 Å². The standard InChI is InChI=1S/C24H30N4/c1-2-6-23-26-22-9-5-14-25-24(22)28(23)20-12-15-27(16-13-20)21-11-10-18-7-3-4-8-19(18)17-21/h3-5,7-9,14,20-21H,2,6,10-13,15-17H2,1H3. The first-order valence-electron chi connectivity index (χ1n) is 11.0. The number of nitrogens with zero attached hydrogens (tertiary/aromatic N) is 4. The smallest absolute Gasteiger partial charge is 0.160 e. The summed E-state index contributed by atoms with van der Waals surface area (Å²) in [4.78, 5) is 12.3. The first-order chi connectivity index (χ1) is 13.8. The van der Waals surface area contributed by atoms with E-state index in [0.29, 0.717) is 12.1 Å². The summed E-state index contributed by atoms with van der Waals surface area (Å²) in [7, 11) is 0. The molecule has 4 nitrogen and oxygen atoms in total. The molecule has 28 heavy (non-hydrogen) atoms. The number of pyridine rings is 1. The van der Waals surface area contributed by atoms with Gasteiger partial charge in [0, 0.05) is 37.8 Å². The van der Waals surface area contributed by atoms with Crippen LogP contribution in [-0.4, -0.2) is 38.6 Å². The molecule has 0 radical (unpaired) electrons. The van der Waals surface area contributed by atoms with Gasteiger partial charge in [0.05, 0.1) is 0 Å². The molecule has 1 atom stereocenters. The molecule has 1 unspecified atom stereocenters. The molecule has 3 aromatic rings. The molecule has 4 heteroatoms. The van der Waals surface area contributed by atoms with Crippen molar-refractivity contribution in [2.45, 2.75) is 64.0 Å². The Balaban J connectivity index is 1.32. The van der Waals surface area contributed by atoms with Crippen molar-refractivity contribution in [1.29, 1.82) is 0 Å². The fourth-order valence-corrected chi connectivity index (χ4v) is 5.26. The second-order valence-electron chi connectivity index (χ2n) is 8.43. The maximum absolute atomic E-state index is 4.90. The zero-order valence-electron chi connectivity index (χ0n) is 16.8. The van der Waals surface area contributed by atoms with Crippen LogP contribution in [0.5, 0.6) is 0 Å². The largest absolute Gasteiger partial charge is 0.309 e. The maximum atomic E-state index is 4.90. The monoisotopic (exact) mass is 374 g/mol. The van der Waals surface area contributed by atoms with Crippen LogP contribution in [0.15, 0.2) is 42.6 Å². The van der Waals surface area contributed by atoms with Gasteiger partial charge in [-0.3, -0.25) is 4.90 Å². The van der Waals surface area contributed by atoms with Crippen molar-refractivity contribution in [2.75, 3.05) is 13.1 Å². The highest BCUT2D eigenvalue weighted by Gasteiger charge is 2.30. The number of likely N-dealkylation sites (tertiary alicyclic amines) is 1. The van der Waals surface area contributed by atoms with Gasteiger partial charge in [0.2, 0.25) is 0 Å². The SMILES string of the molecule is CCCc1nc2cccnc2n1C1CCN(C2CCc3ccccc3C2)CC1. The molecule has 2 aliphatic rings. The molecule has 1 fully saturated rings. The predicted octanol–water partition coefficient (Wildman–Crippen LogP) is 4.58. The van der Waals surface area contributed by atoms with Gasteiger partial charge in [0.25, 0.3) is 0 Å². The fourth-order valence-electron chi connectivity index (χ4n) is 5.26. The van der Waals surface area contributed by atoms with Gasteiger partial charge >= 0.3 is 0 Å². The minimum Gasteiger partial charge on any atom is -0.309 e. The molecule has 5 rings (SSSR count). The highest BCUT2D eigenvalue weighted by Crippen LogP contribution is 2.32. The summed E-state index contributed by atoms with van der Waals surface area (Å²) in [6.07, 6.45) is 10.2. The Morgan fingerprint density at radius 3 is 2.61 bits per heavy atom. The zero-order valence-corrected chi connectivity index (χ0v) is 16.8. The van der Waals surface area contributed by atoms with E-state index in [4.69, 9.17) is 4.98 Å². The zero-order chi connectivity index (χ0) is 18.9. The lowest BCUT2D eigenvalue weighted by molar-refractivity contribution is 0.124. The summed E-state index contributed by atoms with van der Waals surface area (Å²) in [5, 5.41) is 0. The van der Waals surface area contributed by atoms with Crippen LogP contribution in [0.25, 0.3) is 11.2 Å². The van der Waals surface area contributed by atoms with E-state index in [-0.39, 0.29) is 0 Å². The van der Waals surface area contributed by atoms with Gasteiger partial charge in [-0.2, -0.15) is 0 Å². The van der Waals surface area contributed by atoms with E-state index >= 15 is 0 Å². The lowest BCUT2D eigenvalue weighted by Gasteiger charge is -2.40. The van der Waals surface area contributed by atoms with Crippen molar-refractivity contribution < 1.29 is 0 Å². The van der Waals surface area contributed by atoms with E-state index in [0.717, 1.165) is 24.0 Å². The number of benzene rings is 1. The molecule has 0 N–H and O–H groups in total. The van der Waals surface area contributed by atoms with E-state index in [1.54, 1.807) is 11.1 Å². The summed E-state index contributed by atoms with van der Waals surface area (Å²) in [6.45, 7) is 4.62. The Kier molecular flexibility index (Phi) is 4.89. The number of fused-ring (bicyclic) bond motifs is 2. The van der Waals surface area contributed by atoms with Crippen LogP contribution in [0.1, 0.15) is 55.6 Å². The van der Waals surface area contributed by atoms with Crippen molar-refractivity contribution in [3.05, 3.63) is 59.5 Å². The quantitative estimate of drug-likeness (QED) is 0.670. The molecule has 1 aliphatic carbocycles. The number of hydrogen-bond acceptors (Lipinski definition) is 3. The van der Waals surface area contributed by atoms with Crippen molar-refractivity contribution in [3.8, 4) is 0 Å². The normalized spacial score (nSPS) is 21.1. The molecule has 1 aliphatic heterocycles. The second-order valence-corrected chi connectivity index (χ2v) is 8.43. The van der Waals surface area contributed by atoms with Crippen LogP contribution in [0, 0.1) is 0 Å². The fraction of sp³-hybridized carbons (Fsp3) is 0.500. The van der Waals surface area contributed by atoms with Crippen LogP contribution in [0.3, 0.4) is 0 Å². The molecule has 146 valence electrons. The Morgan fingerprint density at radius 1 is 0.964 bits per heavy atom. The van der Waals surface area contributed by atoms with Gasteiger partial charge in [-0.1, -0.05) is 31.2 Å². The maximum Gasteiger partial charge on any atom is 0.160 e. The summed E-state index contributed by atoms with van der Waals surface area (Å²) >= 11 is 0. The molecule has 0 saturated carbocycles. The number of hydrogen-bond donors (Lipinski definition) is 0. The summed E-state index contributed by atoms with van der Waals surface area (Å²) < 4.78 is 2.46. The first kappa shape index (κ1) is 17.9. The Hall–Kier alpha value is -2.20. The molecular weight excluding hydrogens is 344 g/mol. The molecule has 2 aromatic heterocycles. The number of imidazole rings is 1. The van der Waals surface area contributed by atoms with Crippen molar-refractivity contribution in [1.82, 2.24) is 19.4 Å². The van der Waals surface area contributed by atoms with Crippen molar-refractivity contribution in [2.24, 2.45) is 0 Å². The van der Waals surface area contributed by atoms with Crippen LogP contribution in [0.4, 0.5) is 0 Å². The van der Waals surface area contributed by atoms with E-state index in [9.17, 15) is 0 Å². The highest BCUT2D eigenvalue weighted by atomic mass is 15.2. The second kappa shape index (κ2) is 7.67. The molecule has 0 spiro atoms. The van der Waals surface area contributed by atoms with Crippen LogP contribution >= 0.6 is 0 Å². The molecule has 1 aromatic carbocycles.